The molecular weight excluding hydrogens is 280 g/mol. The molecule has 0 saturated carbocycles. The van der Waals surface area contributed by atoms with Crippen LogP contribution in [-0.4, -0.2) is 4.98 Å². The molecule has 21 heavy (non-hydrogen) atoms. The van der Waals surface area contributed by atoms with Crippen molar-refractivity contribution in [2.24, 2.45) is 5.73 Å². The smallest absolute Gasteiger partial charge is 0.0705 e. The van der Waals surface area contributed by atoms with E-state index in [1.165, 1.54) is 0 Å². The molecule has 2 N–H and O–H groups in total. The first-order valence-corrected chi connectivity index (χ1v) is 7.31. The van der Waals surface area contributed by atoms with Gasteiger partial charge in [-0.15, -0.1) is 0 Å². The summed E-state index contributed by atoms with van der Waals surface area (Å²) in [6.07, 6.45) is 0. The molecule has 0 spiro atoms. The third kappa shape index (κ3) is 2.92. The zero-order valence-corrected chi connectivity index (χ0v) is 12.9. The van der Waals surface area contributed by atoms with Crippen LogP contribution in [0, 0.1) is 13.8 Å². The summed E-state index contributed by atoms with van der Waals surface area (Å²) in [5.41, 5.74) is 11.6. The second kappa shape index (κ2) is 5.47. The van der Waals surface area contributed by atoms with E-state index in [9.17, 15) is 0 Å². The minimum Gasteiger partial charge on any atom is -0.320 e. The number of benzene rings is 2. The number of hydrogen-bond acceptors (Lipinski definition) is 2. The quantitative estimate of drug-likeness (QED) is 0.753. The Labute approximate surface area is 129 Å². The van der Waals surface area contributed by atoms with Crippen molar-refractivity contribution in [3.8, 4) is 0 Å². The number of aryl methyl sites for hydroxylation is 2. The number of aromatic nitrogens is 1. The number of nitrogens with zero attached hydrogens (tertiary/aromatic N) is 1. The van der Waals surface area contributed by atoms with Crippen LogP contribution in [0.4, 0.5) is 0 Å². The number of hydrogen-bond donors (Lipinski definition) is 1. The summed E-state index contributed by atoms with van der Waals surface area (Å²) in [4.78, 5) is 4.52. The zero-order valence-electron chi connectivity index (χ0n) is 12.1. The molecule has 1 atom stereocenters. The van der Waals surface area contributed by atoms with E-state index in [1.807, 2.05) is 44.2 Å². The third-order valence-corrected chi connectivity index (χ3v) is 3.85. The maximum Gasteiger partial charge on any atom is 0.0705 e. The molecule has 0 bridgehead atoms. The van der Waals surface area contributed by atoms with Crippen LogP contribution in [0.2, 0.25) is 5.02 Å². The maximum absolute atomic E-state index is 6.40. The molecule has 0 radical (unpaired) electrons. The molecule has 1 unspecified atom stereocenters. The second-order valence-corrected chi connectivity index (χ2v) is 5.88. The Morgan fingerprint density at radius 1 is 0.952 bits per heavy atom. The number of halogens is 1. The van der Waals surface area contributed by atoms with Gasteiger partial charge in [0.05, 0.1) is 11.6 Å². The molecule has 0 aliphatic heterocycles. The predicted octanol–water partition coefficient (Wildman–Crippen LogP) is 4.55. The highest BCUT2D eigenvalue weighted by molar-refractivity contribution is 6.30. The maximum atomic E-state index is 6.40. The van der Waals surface area contributed by atoms with Gasteiger partial charge in [0, 0.05) is 16.1 Å². The fourth-order valence-corrected chi connectivity index (χ4v) is 2.87. The Morgan fingerprint density at radius 3 is 2.52 bits per heavy atom. The summed E-state index contributed by atoms with van der Waals surface area (Å²) in [5, 5.41) is 1.82. The van der Waals surface area contributed by atoms with Gasteiger partial charge in [-0.25, -0.2) is 0 Å². The van der Waals surface area contributed by atoms with Crippen LogP contribution in [0.15, 0.2) is 48.5 Å². The molecule has 3 rings (SSSR count). The molecule has 1 aromatic heterocycles. The lowest BCUT2D eigenvalue weighted by molar-refractivity contribution is 0.871. The van der Waals surface area contributed by atoms with Crippen molar-refractivity contribution in [3.63, 3.8) is 0 Å². The first kappa shape index (κ1) is 14.1. The number of rotatable bonds is 2. The lowest BCUT2D eigenvalue weighted by Gasteiger charge is -2.14. The summed E-state index contributed by atoms with van der Waals surface area (Å²) >= 11 is 6.13. The largest absolute Gasteiger partial charge is 0.320 e. The van der Waals surface area contributed by atoms with Gasteiger partial charge in [-0.05, 0) is 60.9 Å². The minimum absolute atomic E-state index is 0.187. The SMILES string of the molecule is Cc1cc(Cl)cc(C(N)c2ccc3nc(C)ccc3c2)c1. The lowest BCUT2D eigenvalue weighted by Crippen LogP contribution is -2.12. The van der Waals surface area contributed by atoms with Crippen molar-refractivity contribution in [3.05, 3.63) is 75.9 Å². The van der Waals surface area contributed by atoms with Crippen molar-refractivity contribution in [2.75, 3.05) is 0 Å². The average Bonchev–Trinajstić information content (AvgIpc) is 2.45. The normalized spacial score (nSPS) is 12.6. The molecule has 106 valence electrons. The summed E-state index contributed by atoms with van der Waals surface area (Å²) in [6.45, 7) is 4.02. The van der Waals surface area contributed by atoms with Gasteiger partial charge in [0.15, 0.2) is 0 Å². The van der Waals surface area contributed by atoms with Crippen LogP contribution in [0.5, 0.6) is 0 Å². The molecule has 2 aromatic carbocycles. The van der Waals surface area contributed by atoms with E-state index in [4.69, 9.17) is 17.3 Å². The van der Waals surface area contributed by atoms with E-state index in [1.54, 1.807) is 0 Å². The van der Waals surface area contributed by atoms with Gasteiger partial charge >= 0.3 is 0 Å². The van der Waals surface area contributed by atoms with Crippen LogP contribution in [-0.2, 0) is 0 Å². The van der Waals surface area contributed by atoms with Crippen LogP contribution in [0.1, 0.15) is 28.4 Å². The summed E-state index contributed by atoms with van der Waals surface area (Å²) in [6, 6.07) is 16.0. The topological polar surface area (TPSA) is 38.9 Å². The van der Waals surface area contributed by atoms with Crippen molar-refractivity contribution in [1.82, 2.24) is 4.98 Å². The predicted molar refractivity (Wildman–Crippen MR) is 88.7 cm³/mol. The number of pyridine rings is 1. The Bertz CT molecular complexity index is 791. The summed E-state index contributed by atoms with van der Waals surface area (Å²) in [7, 11) is 0. The molecule has 0 amide bonds. The molecule has 1 heterocycles. The van der Waals surface area contributed by atoms with Crippen molar-refractivity contribution in [1.29, 1.82) is 0 Å². The van der Waals surface area contributed by atoms with E-state index < -0.39 is 0 Å². The average molecular weight is 297 g/mol. The van der Waals surface area contributed by atoms with Gasteiger partial charge in [-0.1, -0.05) is 29.8 Å². The van der Waals surface area contributed by atoms with Crippen molar-refractivity contribution < 1.29 is 0 Å². The highest BCUT2D eigenvalue weighted by Gasteiger charge is 2.11. The van der Waals surface area contributed by atoms with Crippen LogP contribution in [0.3, 0.4) is 0 Å². The van der Waals surface area contributed by atoms with E-state index in [-0.39, 0.29) is 6.04 Å². The fraction of sp³-hybridized carbons (Fsp3) is 0.167. The van der Waals surface area contributed by atoms with Gasteiger partial charge in [-0.3, -0.25) is 4.98 Å². The van der Waals surface area contributed by atoms with E-state index in [0.717, 1.165) is 38.3 Å². The first-order valence-electron chi connectivity index (χ1n) is 6.93. The second-order valence-electron chi connectivity index (χ2n) is 5.44. The Kier molecular flexibility index (Phi) is 3.66. The van der Waals surface area contributed by atoms with Crippen LogP contribution in [0.25, 0.3) is 10.9 Å². The van der Waals surface area contributed by atoms with Crippen LogP contribution >= 0.6 is 11.6 Å². The minimum atomic E-state index is -0.187. The van der Waals surface area contributed by atoms with Crippen LogP contribution < -0.4 is 5.73 Å². The van der Waals surface area contributed by atoms with Crippen molar-refractivity contribution >= 4 is 22.5 Å². The highest BCUT2D eigenvalue weighted by atomic mass is 35.5. The first-order chi connectivity index (χ1) is 10.0. The lowest BCUT2D eigenvalue weighted by atomic mass is 9.97. The molecule has 0 aliphatic rings. The molecule has 0 saturated heterocycles. The Balaban J connectivity index is 2.04. The van der Waals surface area contributed by atoms with E-state index in [2.05, 4.69) is 23.2 Å². The Morgan fingerprint density at radius 2 is 1.76 bits per heavy atom. The van der Waals surface area contributed by atoms with Gasteiger partial charge < -0.3 is 5.73 Å². The summed E-state index contributed by atoms with van der Waals surface area (Å²) in [5.74, 6) is 0. The highest BCUT2D eigenvalue weighted by Crippen LogP contribution is 2.26. The van der Waals surface area contributed by atoms with Gasteiger partial charge in [-0.2, -0.15) is 0 Å². The molecule has 2 nitrogen and oxygen atoms in total. The van der Waals surface area contributed by atoms with E-state index >= 15 is 0 Å². The molecule has 0 aliphatic carbocycles. The Hall–Kier alpha value is -1.90. The monoisotopic (exact) mass is 296 g/mol. The summed E-state index contributed by atoms with van der Waals surface area (Å²) < 4.78 is 0. The molecule has 3 heteroatoms. The third-order valence-electron chi connectivity index (χ3n) is 3.64. The van der Waals surface area contributed by atoms with Gasteiger partial charge in [0.1, 0.15) is 0 Å². The van der Waals surface area contributed by atoms with Gasteiger partial charge in [0.25, 0.3) is 0 Å². The van der Waals surface area contributed by atoms with Gasteiger partial charge in [0.2, 0.25) is 0 Å². The standard InChI is InChI=1S/C18H17ClN2/c1-11-7-15(10-16(19)8-11)18(20)14-5-6-17-13(9-14)4-3-12(2)21-17/h3-10,18H,20H2,1-2H3. The fourth-order valence-electron chi connectivity index (χ4n) is 2.58. The molecular formula is C18H17ClN2. The molecule has 3 aromatic rings. The number of nitrogens with two attached hydrogens (primary N) is 1. The zero-order chi connectivity index (χ0) is 15.0. The van der Waals surface area contributed by atoms with E-state index in [0.29, 0.717) is 0 Å². The molecule has 0 fully saturated rings. The number of fused-ring (bicyclic) bond motifs is 1. The van der Waals surface area contributed by atoms with Crippen molar-refractivity contribution in [2.45, 2.75) is 19.9 Å².